The first-order chi connectivity index (χ1) is 10.4. The number of piperazine rings is 1. The number of aromatic nitrogens is 1. The lowest BCUT2D eigenvalue weighted by Gasteiger charge is -2.32. The highest BCUT2D eigenvalue weighted by atomic mass is 32.1. The molecule has 6 heteroatoms. The molecule has 2 aliphatic rings. The van der Waals surface area contributed by atoms with E-state index in [1.165, 1.54) is 5.56 Å². The zero-order chi connectivity index (χ0) is 14.1. The number of benzene rings is 1. The summed E-state index contributed by atoms with van der Waals surface area (Å²) < 4.78 is 10.8. The van der Waals surface area contributed by atoms with Crippen LogP contribution in [0, 0.1) is 0 Å². The maximum absolute atomic E-state index is 5.45. The molecule has 2 aliphatic heterocycles. The van der Waals surface area contributed by atoms with Gasteiger partial charge in [-0.3, -0.25) is 0 Å². The maximum Gasteiger partial charge on any atom is 0.231 e. The Morgan fingerprint density at radius 2 is 2.05 bits per heavy atom. The van der Waals surface area contributed by atoms with Crippen LogP contribution in [0.5, 0.6) is 11.5 Å². The molecule has 21 heavy (non-hydrogen) atoms. The van der Waals surface area contributed by atoms with Gasteiger partial charge in [-0.25, -0.2) is 4.98 Å². The molecule has 1 saturated heterocycles. The number of rotatable bonds is 3. The van der Waals surface area contributed by atoms with Gasteiger partial charge in [0.15, 0.2) is 16.6 Å². The van der Waals surface area contributed by atoms with Gasteiger partial charge in [0.2, 0.25) is 6.79 Å². The van der Waals surface area contributed by atoms with Gasteiger partial charge in [0.1, 0.15) is 6.54 Å². The van der Waals surface area contributed by atoms with Gasteiger partial charge in [0.05, 0.1) is 26.2 Å². The second-order valence-electron chi connectivity index (χ2n) is 5.42. The molecule has 0 aliphatic carbocycles. The zero-order valence-electron chi connectivity index (χ0n) is 11.7. The fraction of sp³-hybridized carbons (Fsp3) is 0.400. The lowest BCUT2D eigenvalue weighted by Crippen LogP contribution is -3.13. The van der Waals surface area contributed by atoms with Gasteiger partial charge in [-0.1, -0.05) is 0 Å². The number of nitrogens with zero attached hydrogens (tertiary/aromatic N) is 2. The third-order valence-corrected chi connectivity index (χ3v) is 4.88. The minimum atomic E-state index is 0.345. The van der Waals surface area contributed by atoms with Crippen LogP contribution >= 0.6 is 11.3 Å². The summed E-state index contributed by atoms with van der Waals surface area (Å²) in [4.78, 5) is 8.39. The molecule has 0 unspecified atom stereocenters. The minimum Gasteiger partial charge on any atom is -0.454 e. The summed E-state index contributed by atoms with van der Waals surface area (Å²) in [5.41, 5.74) is 1.32. The number of quaternary nitrogens is 1. The van der Waals surface area contributed by atoms with Crippen LogP contribution in [0.2, 0.25) is 0 Å². The summed E-state index contributed by atoms with van der Waals surface area (Å²) in [5.74, 6) is 1.75. The van der Waals surface area contributed by atoms with Crippen molar-refractivity contribution in [3.63, 3.8) is 0 Å². The van der Waals surface area contributed by atoms with E-state index in [0.29, 0.717) is 6.79 Å². The number of nitrogens with one attached hydrogen (secondary N) is 1. The summed E-state index contributed by atoms with van der Waals surface area (Å²) in [6.07, 6.45) is 1.88. The van der Waals surface area contributed by atoms with E-state index >= 15 is 0 Å². The Bertz CT molecular complexity index is 609. The molecule has 1 aromatic heterocycles. The predicted molar refractivity (Wildman–Crippen MR) is 81.3 cm³/mol. The van der Waals surface area contributed by atoms with Crippen LogP contribution in [0.15, 0.2) is 29.8 Å². The standard InChI is InChI=1S/C15H17N3O2S/c1-2-13-14(20-11-19-13)9-12(1)10-17-4-6-18(7-5-17)15-16-3-8-21-15/h1-3,8-9H,4-7,10-11H2/p+1. The molecule has 110 valence electrons. The first kappa shape index (κ1) is 12.9. The Hall–Kier alpha value is -1.79. The Morgan fingerprint density at radius 1 is 1.19 bits per heavy atom. The van der Waals surface area contributed by atoms with Crippen molar-refractivity contribution in [1.82, 2.24) is 4.98 Å². The van der Waals surface area contributed by atoms with E-state index in [4.69, 9.17) is 9.47 Å². The summed E-state index contributed by atoms with van der Waals surface area (Å²) in [6.45, 7) is 5.84. The number of thiazole rings is 1. The van der Waals surface area contributed by atoms with Crippen molar-refractivity contribution >= 4 is 16.5 Å². The van der Waals surface area contributed by atoms with E-state index in [1.807, 2.05) is 17.6 Å². The third kappa shape index (κ3) is 2.69. The normalized spacial score (nSPS) is 18.2. The molecule has 1 fully saturated rings. The van der Waals surface area contributed by atoms with Crippen molar-refractivity contribution in [3.8, 4) is 11.5 Å². The van der Waals surface area contributed by atoms with Crippen molar-refractivity contribution < 1.29 is 14.4 Å². The molecule has 5 nitrogen and oxygen atoms in total. The molecule has 0 amide bonds. The third-order valence-electron chi connectivity index (χ3n) is 4.05. The van der Waals surface area contributed by atoms with Crippen LogP contribution in [-0.2, 0) is 6.54 Å². The van der Waals surface area contributed by atoms with Gasteiger partial charge in [-0.05, 0) is 18.2 Å². The largest absolute Gasteiger partial charge is 0.454 e. The summed E-state index contributed by atoms with van der Waals surface area (Å²) >= 11 is 1.72. The molecule has 1 aromatic carbocycles. The predicted octanol–water partition coefficient (Wildman–Crippen LogP) is 0.777. The molecule has 0 spiro atoms. The summed E-state index contributed by atoms with van der Waals surface area (Å²) in [5, 5.41) is 3.19. The second kappa shape index (κ2) is 5.54. The lowest BCUT2D eigenvalue weighted by atomic mass is 10.1. The van der Waals surface area contributed by atoms with Gasteiger partial charge >= 0.3 is 0 Å². The SMILES string of the molecule is c1csc(N2CC[NH+](Cc3ccc4c(c3)OCO4)CC2)n1. The van der Waals surface area contributed by atoms with Crippen molar-refractivity contribution in [2.45, 2.75) is 6.54 Å². The summed E-state index contributed by atoms with van der Waals surface area (Å²) in [6, 6.07) is 6.28. The quantitative estimate of drug-likeness (QED) is 0.909. The Balaban J connectivity index is 1.36. The van der Waals surface area contributed by atoms with Gasteiger partial charge in [0, 0.05) is 17.1 Å². The van der Waals surface area contributed by atoms with Crippen molar-refractivity contribution in [2.75, 3.05) is 37.9 Å². The van der Waals surface area contributed by atoms with Crippen molar-refractivity contribution in [3.05, 3.63) is 35.3 Å². The maximum atomic E-state index is 5.45. The number of anilines is 1. The molecule has 4 rings (SSSR count). The monoisotopic (exact) mass is 304 g/mol. The van der Waals surface area contributed by atoms with Crippen LogP contribution in [0.25, 0.3) is 0 Å². The number of hydrogen-bond acceptors (Lipinski definition) is 5. The minimum absolute atomic E-state index is 0.345. The van der Waals surface area contributed by atoms with Crippen LogP contribution in [0.4, 0.5) is 5.13 Å². The van der Waals surface area contributed by atoms with Crippen molar-refractivity contribution in [2.24, 2.45) is 0 Å². The molecule has 0 atom stereocenters. The Kier molecular flexibility index (Phi) is 3.40. The van der Waals surface area contributed by atoms with E-state index in [-0.39, 0.29) is 0 Å². The fourth-order valence-corrected chi connectivity index (χ4v) is 3.60. The van der Waals surface area contributed by atoms with Gasteiger partial charge in [0.25, 0.3) is 0 Å². The van der Waals surface area contributed by atoms with Crippen LogP contribution in [0.3, 0.4) is 0 Å². The topological polar surface area (TPSA) is 39.0 Å². The highest BCUT2D eigenvalue weighted by molar-refractivity contribution is 7.13. The molecular formula is C15H18N3O2S+. The first-order valence-corrected chi connectivity index (χ1v) is 8.13. The number of hydrogen-bond donors (Lipinski definition) is 1. The molecule has 2 aromatic rings. The van der Waals surface area contributed by atoms with E-state index in [2.05, 4.69) is 22.0 Å². The fourth-order valence-electron chi connectivity index (χ4n) is 2.90. The Morgan fingerprint density at radius 3 is 2.86 bits per heavy atom. The summed E-state index contributed by atoms with van der Waals surface area (Å²) in [7, 11) is 0. The molecule has 0 bridgehead atoms. The van der Waals surface area contributed by atoms with E-state index < -0.39 is 0 Å². The number of ether oxygens (including phenoxy) is 2. The second-order valence-corrected chi connectivity index (χ2v) is 6.29. The van der Waals surface area contributed by atoms with Crippen LogP contribution in [0.1, 0.15) is 5.56 Å². The molecular weight excluding hydrogens is 286 g/mol. The molecule has 0 saturated carbocycles. The van der Waals surface area contributed by atoms with Crippen molar-refractivity contribution in [1.29, 1.82) is 0 Å². The van der Waals surface area contributed by atoms with E-state index in [0.717, 1.165) is 49.4 Å². The molecule has 0 radical (unpaired) electrons. The highest BCUT2D eigenvalue weighted by Crippen LogP contribution is 2.32. The average molecular weight is 304 g/mol. The van der Waals surface area contributed by atoms with Gasteiger partial charge in [-0.2, -0.15) is 0 Å². The van der Waals surface area contributed by atoms with Gasteiger partial charge in [-0.15, -0.1) is 11.3 Å². The lowest BCUT2D eigenvalue weighted by molar-refractivity contribution is -0.914. The average Bonchev–Trinajstić information content (AvgIpc) is 3.19. The van der Waals surface area contributed by atoms with E-state index in [9.17, 15) is 0 Å². The van der Waals surface area contributed by atoms with Gasteiger partial charge < -0.3 is 19.3 Å². The Labute approximate surface area is 127 Å². The van der Waals surface area contributed by atoms with E-state index in [1.54, 1.807) is 16.2 Å². The molecule has 3 heterocycles. The number of fused-ring (bicyclic) bond motifs is 1. The molecule has 1 N–H and O–H groups in total. The smallest absolute Gasteiger partial charge is 0.231 e. The highest BCUT2D eigenvalue weighted by Gasteiger charge is 2.22. The van der Waals surface area contributed by atoms with Crippen LogP contribution in [-0.4, -0.2) is 38.0 Å². The first-order valence-electron chi connectivity index (χ1n) is 7.25. The van der Waals surface area contributed by atoms with Crippen LogP contribution < -0.4 is 19.3 Å². The zero-order valence-corrected chi connectivity index (χ0v) is 12.6.